The van der Waals surface area contributed by atoms with Gasteiger partial charge < -0.3 is 0 Å². The molecule has 104 valence electrons. The number of hydrogen-bond donors (Lipinski definition) is 2. The van der Waals surface area contributed by atoms with Gasteiger partial charge in [0.15, 0.2) is 5.69 Å². The second-order valence-electron chi connectivity index (χ2n) is 4.36. The van der Waals surface area contributed by atoms with E-state index in [9.17, 15) is 4.79 Å². The number of para-hydroxylation sites is 1. The summed E-state index contributed by atoms with van der Waals surface area (Å²) in [5, 5.41) is 8.65. The van der Waals surface area contributed by atoms with E-state index in [2.05, 4.69) is 15.6 Å². The predicted molar refractivity (Wildman–Crippen MR) is 78.4 cm³/mol. The summed E-state index contributed by atoms with van der Waals surface area (Å²) in [4.78, 5) is 13.3. The first-order chi connectivity index (χ1) is 10.3. The van der Waals surface area contributed by atoms with Crippen molar-refractivity contribution in [3.05, 3.63) is 66.4 Å². The van der Waals surface area contributed by atoms with Gasteiger partial charge in [-0.3, -0.25) is 10.2 Å². The lowest BCUT2D eigenvalue weighted by Crippen LogP contribution is -2.30. The molecular formula is C15H13N5O. The zero-order valence-electron chi connectivity index (χ0n) is 11.1. The second-order valence-corrected chi connectivity index (χ2v) is 4.36. The van der Waals surface area contributed by atoms with Crippen molar-refractivity contribution in [2.45, 2.75) is 0 Å². The van der Waals surface area contributed by atoms with E-state index in [1.54, 1.807) is 0 Å². The highest BCUT2D eigenvalue weighted by Gasteiger charge is 2.19. The number of nitrogen functional groups attached to an aromatic ring is 1. The molecule has 3 rings (SSSR count). The lowest BCUT2D eigenvalue weighted by Gasteiger charge is -1.98. The highest BCUT2D eigenvalue weighted by molar-refractivity contribution is 5.97. The molecule has 3 N–H and O–H groups in total. The van der Waals surface area contributed by atoms with E-state index in [4.69, 9.17) is 5.84 Å². The van der Waals surface area contributed by atoms with Gasteiger partial charge in [0, 0.05) is 5.56 Å². The number of aromatic nitrogens is 3. The fourth-order valence-electron chi connectivity index (χ4n) is 2.00. The molecule has 0 aliphatic carbocycles. The molecule has 1 aromatic heterocycles. The SMILES string of the molecule is NNC(=O)c1nn(-c2ccccc2)nc1-c1ccccc1. The first-order valence-electron chi connectivity index (χ1n) is 6.38. The zero-order chi connectivity index (χ0) is 14.7. The molecule has 0 aliphatic rings. The van der Waals surface area contributed by atoms with Crippen LogP contribution in [-0.2, 0) is 0 Å². The van der Waals surface area contributed by atoms with Crippen LogP contribution in [0.15, 0.2) is 60.7 Å². The van der Waals surface area contributed by atoms with Crippen LogP contribution in [0.2, 0.25) is 0 Å². The van der Waals surface area contributed by atoms with Crippen LogP contribution in [-0.4, -0.2) is 20.9 Å². The molecule has 0 aliphatic heterocycles. The highest BCUT2D eigenvalue weighted by Crippen LogP contribution is 2.21. The molecule has 6 heteroatoms. The molecule has 0 fully saturated rings. The number of carbonyl (C=O) groups excluding carboxylic acids is 1. The average Bonchev–Trinajstić information content (AvgIpc) is 3.01. The minimum absolute atomic E-state index is 0.188. The van der Waals surface area contributed by atoms with E-state index in [0.717, 1.165) is 11.3 Å². The molecule has 1 heterocycles. The van der Waals surface area contributed by atoms with Gasteiger partial charge in [0.05, 0.1) is 5.69 Å². The summed E-state index contributed by atoms with van der Waals surface area (Å²) in [6, 6.07) is 18.8. The molecule has 1 amide bonds. The van der Waals surface area contributed by atoms with Crippen molar-refractivity contribution < 1.29 is 4.79 Å². The molecule has 6 nitrogen and oxygen atoms in total. The molecule has 0 saturated heterocycles. The maximum absolute atomic E-state index is 11.9. The molecule has 0 atom stereocenters. The van der Waals surface area contributed by atoms with E-state index in [1.165, 1.54) is 4.80 Å². The van der Waals surface area contributed by atoms with Crippen LogP contribution in [0.3, 0.4) is 0 Å². The first kappa shape index (κ1) is 13.0. The fraction of sp³-hybridized carbons (Fsp3) is 0. The topological polar surface area (TPSA) is 85.8 Å². The third-order valence-corrected chi connectivity index (χ3v) is 2.99. The molecular weight excluding hydrogens is 266 g/mol. The van der Waals surface area contributed by atoms with Crippen LogP contribution in [0.1, 0.15) is 10.5 Å². The van der Waals surface area contributed by atoms with Crippen molar-refractivity contribution in [2.24, 2.45) is 5.84 Å². The largest absolute Gasteiger partial charge is 0.289 e. The summed E-state index contributed by atoms with van der Waals surface area (Å²) in [6.07, 6.45) is 0. The van der Waals surface area contributed by atoms with Crippen molar-refractivity contribution in [2.75, 3.05) is 0 Å². The van der Waals surface area contributed by atoms with Crippen molar-refractivity contribution >= 4 is 5.91 Å². The van der Waals surface area contributed by atoms with E-state index in [-0.39, 0.29) is 5.69 Å². The molecule has 0 saturated carbocycles. The van der Waals surface area contributed by atoms with Crippen molar-refractivity contribution in [1.29, 1.82) is 0 Å². The number of hydrogen-bond acceptors (Lipinski definition) is 4. The number of amides is 1. The summed E-state index contributed by atoms with van der Waals surface area (Å²) in [5.74, 6) is 4.75. The lowest BCUT2D eigenvalue weighted by atomic mass is 10.1. The van der Waals surface area contributed by atoms with Crippen LogP contribution < -0.4 is 11.3 Å². The fourth-order valence-corrected chi connectivity index (χ4v) is 2.00. The Hall–Kier alpha value is -2.99. The lowest BCUT2D eigenvalue weighted by molar-refractivity contribution is 0.0949. The Bertz CT molecular complexity index is 752. The Kier molecular flexibility index (Phi) is 3.44. The minimum atomic E-state index is -0.476. The van der Waals surface area contributed by atoms with Crippen molar-refractivity contribution in [3.63, 3.8) is 0 Å². The van der Waals surface area contributed by atoms with Crippen LogP contribution >= 0.6 is 0 Å². The van der Waals surface area contributed by atoms with Gasteiger partial charge in [-0.15, -0.1) is 10.2 Å². The number of hydrazine groups is 1. The minimum Gasteiger partial charge on any atom is -0.289 e. The summed E-state index contributed by atoms with van der Waals surface area (Å²) in [5.41, 5.74) is 4.35. The smallest absolute Gasteiger partial charge is 0.288 e. The van der Waals surface area contributed by atoms with Gasteiger partial charge in [0.25, 0.3) is 5.91 Å². The third-order valence-electron chi connectivity index (χ3n) is 2.99. The Morgan fingerprint density at radius 1 is 0.952 bits per heavy atom. The van der Waals surface area contributed by atoms with Gasteiger partial charge in [0.1, 0.15) is 5.69 Å². The summed E-state index contributed by atoms with van der Waals surface area (Å²) in [7, 11) is 0. The van der Waals surface area contributed by atoms with Gasteiger partial charge in [-0.2, -0.15) is 4.80 Å². The quantitative estimate of drug-likeness (QED) is 0.432. The second kappa shape index (κ2) is 5.56. The van der Waals surface area contributed by atoms with E-state index in [1.807, 2.05) is 60.7 Å². The Morgan fingerprint density at radius 2 is 1.57 bits per heavy atom. The summed E-state index contributed by atoms with van der Waals surface area (Å²) < 4.78 is 0. The normalized spacial score (nSPS) is 10.3. The Morgan fingerprint density at radius 3 is 2.19 bits per heavy atom. The molecule has 0 bridgehead atoms. The van der Waals surface area contributed by atoms with Gasteiger partial charge in [0.2, 0.25) is 0 Å². The molecule has 0 spiro atoms. The number of nitrogens with two attached hydrogens (primary N) is 1. The van der Waals surface area contributed by atoms with Crippen LogP contribution in [0.4, 0.5) is 0 Å². The van der Waals surface area contributed by atoms with Gasteiger partial charge in [-0.25, -0.2) is 5.84 Å². The number of benzene rings is 2. The van der Waals surface area contributed by atoms with Crippen LogP contribution in [0.5, 0.6) is 0 Å². The predicted octanol–water partition coefficient (Wildman–Crippen LogP) is 1.54. The van der Waals surface area contributed by atoms with E-state index in [0.29, 0.717) is 5.69 Å². The Labute approximate surface area is 121 Å². The van der Waals surface area contributed by atoms with Gasteiger partial charge in [-0.1, -0.05) is 48.5 Å². The molecule has 0 radical (unpaired) electrons. The summed E-state index contributed by atoms with van der Waals surface area (Å²) in [6.45, 7) is 0. The van der Waals surface area contributed by atoms with Crippen LogP contribution in [0, 0.1) is 0 Å². The summed E-state index contributed by atoms with van der Waals surface area (Å²) >= 11 is 0. The van der Waals surface area contributed by atoms with Crippen molar-refractivity contribution in [1.82, 2.24) is 20.4 Å². The first-order valence-corrected chi connectivity index (χ1v) is 6.38. The maximum Gasteiger partial charge on any atom is 0.288 e. The standard InChI is InChI=1S/C15H13N5O/c16-17-15(21)14-13(11-7-3-1-4-8-11)18-20(19-14)12-9-5-2-6-10-12/h1-10H,16H2,(H,17,21). The highest BCUT2D eigenvalue weighted by atomic mass is 16.2. The zero-order valence-corrected chi connectivity index (χ0v) is 11.1. The number of nitrogens with zero attached hydrogens (tertiary/aromatic N) is 3. The third kappa shape index (κ3) is 2.52. The Balaban J connectivity index is 2.14. The average molecular weight is 279 g/mol. The number of rotatable bonds is 3. The molecule has 3 aromatic rings. The number of nitrogens with one attached hydrogen (secondary N) is 1. The molecule has 21 heavy (non-hydrogen) atoms. The number of carbonyl (C=O) groups is 1. The van der Waals surface area contributed by atoms with Gasteiger partial charge in [-0.05, 0) is 12.1 Å². The van der Waals surface area contributed by atoms with Crippen LogP contribution in [0.25, 0.3) is 16.9 Å². The van der Waals surface area contributed by atoms with E-state index >= 15 is 0 Å². The van der Waals surface area contributed by atoms with Crippen molar-refractivity contribution in [3.8, 4) is 16.9 Å². The maximum atomic E-state index is 11.9. The van der Waals surface area contributed by atoms with Gasteiger partial charge >= 0.3 is 0 Å². The van der Waals surface area contributed by atoms with E-state index < -0.39 is 5.91 Å². The monoisotopic (exact) mass is 279 g/mol. The molecule has 2 aromatic carbocycles. The molecule has 0 unspecified atom stereocenters.